The van der Waals surface area contributed by atoms with Gasteiger partial charge in [-0.15, -0.1) is 0 Å². The van der Waals surface area contributed by atoms with E-state index < -0.39 is 15.6 Å². The Morgan fingerprint density at radius 1 is 1.19 bits per heavy atom. The van der Waals surface area contributed by atoms with E-state index in [0.29, 0.717) is 5.39 Å². The third-order valence-electron chi connectivity index (χ3n) is 3.18. The number of hydrogen-bond acceptors (Lipinski definition) is 4. The largest absolute Gasteiger partial charge is 0.409 e. The predicted molar refractivity (Wildman–Crippen MR) is 81.8 cm³/mol. The highest BCUT2D eigenvalue weighted by atomic mass is 32.2. The SMILES string of the molecule is CC(C)(NS(=O)(=O)c1cccc2ccccc12)/C(N)=N/O. The van der Waals surface area contributed by atoms with Crippen molar-refractivity contribution in [2.45, 2.75) is 24.3 Å². The highest BCUT2D eigenvalue weighted by Gasteiger charge is 2.31. The first-order chi connectivity index (χ1) is 9.78. The molecule has 0 spiro atoms. The molecule has 0 bridgehead atoms. The topological polar surface area (TPSA) is 105 Å². The summed E-state index contributed by atoms with van der Waals surface area (Å²) < 4.78 is 27.6. The number of nitrogens with two attached hydrogens (primary N) is 1. The molecular weight excluding hydrogens is 290 g/mol. The van der Waals surface area contributed by atoms with E-state index in [1.165, 1.54) is 19.9 Å². The van der Waals surface area contributed by atoms with Gasteiger partial charge in [-0.3, -0.25) is 0 Å². The molecule has 4 N–H and O–H groups in total. The zero-order valence-electron chi connectivity index (χ0n) is 11.7. The molecule has 0 aliphatic carbocycles. The van der Waals surface area contributed by atoms with Crippen molar-refractivity contribution in [3.63, 3.8) is 0 Å². The molecular formula is C14H17N3O3S. The van der Waals surface area contributed by atoms with Crippen LogP contribution in [-0.4, -0.2) is 25.0 Å². The number of fused-ring (bicyclic) bond motifs is 1. The highest BCUT2D eigenvalue weighted by Crippen LogP contribution is 2.23. The van der Waals surface area contributed by atoms with Crippen LogP contribution in [0.25, 0.3) is 10.8 Å². The lowest BCUT2D eigenvalue weighted by atomic mass is 10.1. The van der Waals surface area contributed by atoms with Gasteiger partial charge in [-0.25, -0.2) is 8.42 Å². The van der Waals surface area contributed by atoms with Gasteiger partial charge in [-0.1, -0.05) is 41.6 Å². The first-order valence-electron chi connectivity index (χ1n) is 6.28. The molecule has 0 aromatic heterocycles. The third kappa shape index (κ3) is 2.98. The Balaban J connectivity index is 2.53. The average Bonchev–Trinajstić information content (AvgIpc) is 2.44. The number of benzene rings is 2. The summed E-state index contributed by atoms with van der Waals surface area (Å²) in [7, 11) is -3.82. The second-order valence-electron chi connectivity index (χ2n) is 5.19. The number of nitrogens with one attached hydrogen (secondary N) is 1. The zero-order chi connectivity index (χ0) is 15.7. The Kier molecular flexibility index (Phi) is 3.89. The van der Waals surface area contributed by atoms with Crippen LogP contribution in [0.3, 0.4) is 0 Å². The van der Waals surface area contributed by atoms with Gasteiger partial charge in [0.2, 0.25) is 10.0 Å². The van der Waals surface area contributed by atoms with E-state index in [1.54, 1.807) is 18.2 Å². The predicted octanol–water partition coefficient (Wildman–Crippen LogP) is 1.64. The molecule has 0 radical (unpaired) electrons. The van der Waals surface area contributed by atoms with E-state index in [-0.39, 0.29) is 10.7 Å². The molecule has 7 heteroatoms. The van der Waals surface area contributed by atoms with Crippen LogP contribution in [0.4, 0.5) is 0 Å². The third-order valence-corrected chi connectivity index (χ3v) is 4.89. The van der Waals surface area contributed by atoms with Crippen LogP contribution < -0.4 is 10.5 Å². The smallest absolute Gasteiger partial charge is 0.242 e. The molecule has 6 nitrogen and oxygen atoms in total. The number of nitrogens with zero attached hydrogens (tertiary/aromatic N) is 1. The van der Waals surface area contributed by atoms with Crippen molar-refractivity contribution < 1.29 is 13.6 Å². The molecule has 0 aliphatic rings. The molecule has 0 saturated carbocycles. The van der Waals surface area contributed by atoms with Crippen molar-refractivity contribution >= 4 is 26.6 Å². The van der Waals surface area contributed by atoms with Crippen LogP contribution in [0.5, 0.6) is 0 Å². The number of rotatable bonds is 4. The van der Waals surface area contributed by atoms with Crippen molar-refractivity contribution in [3.05, 3.63) is 42.5 Å². The molecule has 112 valence electrons. The summed E-state index contributed by atoms with van der Waals surface area (Å²) in [6, 6.07) is 12.2. The Labute approximate surface area is 123 Å². The van der Waals surface area contributed by atoms with E-state index in [1.807, 2.05) is 18.2 Å². The number of oxime groups is 1. The number of hydrogen-bond donors (Lipinski definition) is 3. The molecule has 2 rings (SSSR count). The molecule has 0 atom stereocenters. The van der Waals surface area contributed by atoms with Crippen LogP contribution in [-0.2, 0) is 10.0 Å². The van der Waals surface area contributed by atoms with Gasteiger partial charge in [0.1, 0.15) is 0 Å². The average molecular weight is 307 g/mol. The Hall–Kier alpha value is -2.12. The minimum atomic E-state index is -3.82. The summed E-state index contributed by atoms with van der Waals surface area (Å²) in [6.45, 7) is 3.04. The molecule has 0 amide bonds. The monoisotopic (exact) mass is 307 g/mol. The van der Waals surface area contributed by atoms with Crippen molar-refractivity contribution in [3.8, 4) is 0 Å². The summed E-state index contributed by atoms with van der Waals surface area (Å²) in [5, 5.41) is 13.0. The summed E-state index contributed by atoms with van der Waals surface area (Å²) in [5.41, 5.74) is 4.32. The second-order valence-corrected chi connectivity index (χ2v) is 6.84. The summed E-state index contributed by atoms with van der Waals surface area (Å²) >= 11 is 0. The maximum absolute atomic E-state index is 12.6. The molecule has 2 aromatic rings. The minimum absolute atomic E-state index is 0.152. The molecule has 0 aliphatic heterocycles. The number of amidine groups is 1. The van der Waals surface area contributed by atoms with E-state index in [0.717, 1.165) is 5.39 Å². The van der Waals surface area contributed by atoms with Gasteiger partial charge in [0.15, 0.2) is 5.84 Å². The van der Waals surface area contributed by atoms with Crippen LogP contribution in [0, 0.1) is 0 Å². The fourth-order valence-corrected chi connectivity index (χ4v) is 3.62. The number of sulfonamides is 1. The van der Waals surface area contributed by atoms with Gasteiger partial charge >= 0.3 is 0 Å². The first kappa shape index (κ1) is 15.3. The van der Waals surface area contributed by atoms with E-state index in [2.05, 4.69) is 9.88 Å². The minimum Gasteiger partial charge on any atom is -0.409 e. The lowest BCUT2D eigenvalue weighted by molar-refractivity contribution is 0.312. The van der Waals surface area contributed by atoms with E-state index >= 15 is 0 Å². The van der Waals surface area contributed by atoms with Gasteiger partial charge in [0.25, 0.3) is 0 Å². The van der Waals surface area contributed by atoms with Crippen LogP contribution in [0.2, 0.25) is 0 Å². The van der Waals surface area contributed by atoms with Gasteiger partial charge in [-0.05, 0) is 25.3 Å². The molecule has 0 unspecified atom stereocenters. The summed E-state index contributed by atoms with van der Waals surface area (Å²) in [4.78, 5) is 0.152. The van der Waals surface area contributed by atoms with Crippen LogP contribution >= 0.6 is 0 Å². The molecule has 2 aromatic carbocycles. The molecule has 0 heterocycles. The maximum Gasteiger partial charge on any atom is 0.242 e. The fourth-order valence-electron chi connectivity index (χ4n) is 2.00. The van der Waals surface area contributed by atoms with Crippen LogP contribution in [0.1, 0.15) is 13.8 Å². The normalized spacial score (nSPS) is 13.5. The van der Waals surface area contributed by atoms with E-state index in [4.69, 9.17) is 10.9 Å². The van der Waals surface area contributed by atoms with E-state index in [9.17, 15) is 8.42 Å². The summed E-state index contributed by atoms with van der Waals surface area (Å²) in [6.07, 6.45) is 0. The summed E-state index contributed by atoms with van der Waals surface area (Å²) in [5.74, 6) is -0.216. The van der Waals surface area contributed by atoms with Crippen molar-refractivity contribution in [1.82, 2.24) is 4.72 Å². The highest BCUT2D eigenvalue weighted by molar-refractivity contribution is 7.89. The first-order valence-corrected chi connectivity index (χ1v) is 7.76. The van der Waals surface area contributed by atoms with Gasteiger partial charge in [-0.2, -0.15) is 4.72 Å². The maximum atomic E-state index is 12.6. The Bertz CT molecular complexity index is 793. The molecule has 21 heavy (non-hydrogen) atoms. The zero-order valence-corrected chi connectivity index (χ0v) is 12.6. The van der Waals surface area contributed by atoms with Gasteiger partial charge < -0.3 is 10.9 Å². The van der Waals surface area contributed by atoms with Crippen molar-refractivity contribution in [2.75, 3.05) is 0 Å². The Morgan fingerprint density at radius 3 is 2.48 bits per heavy atom. The second kappa shape index (κ2) is 5.34. The quantitative estimate of drug-likeness (QED) is 0.345. The molecule has 0 fully saturated rings. The Morgan fingerprint density at radius 2 is 1.81 bits per heavy atom. The van der Waals surface area contributed by atoms with Crippen molar-refractivity contribution in [1.29, 1.82) is 0 Å². The lowest BCUT2D eigenvalue weighted by Crippen LogP contribution is -2.53. The lowest BCUT2D eigenvalue weighted by Gasteiger charge is -2.24. The van der Waals surface area contributed by atoms with Gasteiger partial charge in [0.05, 0.1) is 10.4 Å². The standard InChI is InChI=1S/C14H17N3O3S/c1-14(2,13(15)16-18)17-21(19,20)12-9-5-7-10-6-3-4-8-11(10)12/h3-9,17-18H,1-2H3,(H2,15,16). The van der Waals surface area contributed by atoms with Crippen LogP contribution in [0.15, 0.2) is 52.5 Å². The fraction of sp³-hybridized carbons (Fsp3) is 0.214. The van der Waals surface area contributed by atoms with Gasteiger partial charge in [0, 0.05) is 5.39 Å². The molecule has 0 saturated heterocycles. The van der Waals surface area contributed by atoms with Crippen molar-refractivity contribution in [2.24, 2.45) is 10.9 Å².